The highest BCUT2D eigenvalue weighted by molar-refractivity contribution is 5.92. The molecule has 1 amide bonds. The molecule has 1 saturated heterocycles. The third-order valence-electron chi connectivity index (χ3n) is 6.92. The first-order valence-corrected chi connectivity index (χ1v) is 12.9. The van der Waals surface area contributed by atoms with Gasteiger partial charge in [-0.05, 0) is 36.6 Å². The third kappa shape index (κ3) is 5.48. The van der Waals surface area contributed by atoms with E-state index in [4.69, 9.17) is 9.72 Å². The highest BCUT2D eigenvalue weighted by Gasteiger charge is 2.22. The summed E-state index contributed by atoms with van der Waals surface area (Å²) in [5.74, 6) is 0.00449. The fourth-order valence-electron chi connectivity index (χ4n) is 5.00. The maximum atomic E-state index is 13.5. The highest BCUT2D eigenvalue weighted by atomic mass is 16.5. The number of para-hydroxylation sites is 1. The number of hydrogen-bond acceptors (Lipinski definition) is 4. The minimum absolute atomic E-state index is 0.00449. The zero-order valence-electron chi connectivity index (χ0n) is 20.7. The number of aromatic nitrogens is 1. The summed E-state index contributed by atoms with van der Waals surface area (Å²) in [7, 11) is 0. The monoisotopic (exact) mass is 479 g/mol. The molecule has 2 heterocycles. The molecule has 1 aliphatic rings. The van der Waals surface area contributed by atoms with E-state index in [0.29, 0.717) is 6.61 Å². The van der Waals surface area contributed by atoms with Crippen LogP contribution >= 0.6 is 0 Å². The molecule has 1 aromatic heterocycles. The van der Waals surface area contributed by atoms with Gasteiger partial charge in [0.1, 0.15) is 0 Å². The lowest BCUT2D eigenvalue weighted by atomic mass is 9.94. The average molecular weight is 480 g/mol. The minimum atomic E-state index is -0.0235. The Morgan fingerprint density at radius 2 is 1.72 bits per heavy atom. The van der Waals surface area contributed by atoms with Gasteiger partial charge >= 0.3 is 0 Å². The molecule has 1 fully saturated rings. The first-order valence-electron chi connectivity index (χ1n) is 12.9. The van der Waals surface area contributed by atoms with Crippen LogP contribution in [0.1, 0.15) is 42.5 Å². The minimum Gasteiger partial charge on any atom is -0.372 e. The van der Waals surface area contributed by atoms with Crippen molar-refractivity contribution in [3.8, 4) is 11.3 Å². The van der Waals surface area contributed by atoms with Gasteiger partial charge in [-0.25, -0.2) is 4.98 Å². The normalized spacial score (nSPS) is 16.2. The van der Waals surface area contributed by atoms with Gasteiger partial charge in [0.05, 0.1) is 36.4 Å². The molecule has 0 saturated carbocycles. The van der Waals surface area contributed by atoms with Crippen molar-refractivity contribution in [1.82, 2.24) is 15.6 Å². The molecule has 5 nitrogen and oxygen atoms in total. The largest absolute Gasteiger partial charge is 0.372 e. The predicted octanol–water partition coefficient (Wildman–Crippen LogP) is 5.59. The van der Waals surface area contributed by atoms with Crippen molar-refractivity contribution < 1.29 is 9.53 Å². The molecule has 3 aromatic carbocycles. The summed E-state index contributed by atoms with van der Waals surface area (Å²) < 4.78 is 6.36. The fourth-order valence-corrected chi connectivity index (χ4v) is 5.00. The van der Waals surface area contributed by atoms with E-state index < -0.39 is 0 Å². The van der Waals surface area contributed by atoms with Crippen molar-refractivity contribution in [3.05, 3.63) is 102 Å². The quantitative estimate of drug-likeness (QED) is 0.328. The Morgan fingerprint density at radius 3 is 2.44 bits per heavy atom. The van der Waals surface area contributed by atoms with Gasteiger partial charge in [-0.2, -0.15) is 0 Å². The molecular weight excluding hydrogens is 446 g/mol. The fraction of sp³-hybridized carbons (Fsp3) is 0.290. The average Bonchev–Trinajstić information content (AvgIpc) is 3.45. The van der Waals surface area contributed by atoms with E-state index in [1.807, 2.05) is 54.6 Å². The summed E-state index contributed by atoms with van der Waals surface area (Å²) in [6.07, 6.45) is 2.26. The number of hydrogen-bond donors (Lipinski definition) is 2. The molecule has 0 spiro atoms. The molecule has 0 radical (unpaired) electrons. The Kier molecular flexibility index (Phi) is 7.70. The Hall–Kier alpha value is -3.54. The van der Waals surface area contributed by atoms with Crippen LogP contribution < -0.4 is 10.6 Å². The zero-order valence-corrected chi connectivity index (χ0v) is 20.7. The van der Waals surface area contributed by atoms with Crippen LogP contribution in [0.4, 0.5) is 0 Å². The van der Waals surface area contributed by atoms with Crippen LogP contribution in [-0.4, -0.2) is 30.1 Å². The second-order valence-corrected chi connectivity index (χ2v) is 9.34. The summed E-state index contributed by atoms with van der Waals surface area (Å²) in [5, 5.41) is 7.64. The number of carbonyl (C=O) groups excluding carboxylic acids is 1. The summed E-state index contributed by atoms with van der Waals surface area (Å²) in [6.45, 7) is 4.35. The Balaban J connectivity index is 1.53. The van der Waals surface area contributed by atoms with Crippen LogP contribution in [0.2, 0.25) is 0 Å². The van der Waals surface area contributed by atoms with Crippen LogP contribution in [0.25, 0.3) is 22.2 Å². The number of nitrogens with zero attached hydrogens (tertiary/aromatic N) is 1. The molecule has 2 atom stereocenters. The summed E-state index contributed by atoms with van der Waals surface area (Å²) in [4.78, 5) is 18.5. The molecule has 184 valence electrons. The van der Waals surface area contributed by atoms with Gasteiger partial charge in [-0.15, -0.1) is 0 Å². The molecule has 5 heteroatoms. The van der Waals surface area contributed by atoms with Gasteiger partial charge in [0, 0.05) is 23.1 Å². The van der Waals surface area contributed by atoms with Crippen LogP contribution in [0.15, 0.2) is 84.9 Å². The summed E-state index contributed by atoms with van der Waals surface area (Å²) in [5.41, 5.74) is 5.92. The second kappa shape index (κ2) is 11.5. The van der Waals surface area contributed by atoms with Gasteiger partial charge < -0.3 is 15.4 Å². The third-order valence-corrected chi connectivity index (χ3v) is 6.92. The number of nitrogens with one attached hydrogen (secondary N) is 2. The topological polar surface area (TPSA) is 63.2 Å². The lowest BCUT2D eigenvalue weighted by Crippen LogP contribution is -2.30. The van der Waals surface area contributed by atoms with Crippen molar-refractivity contribution in [1.29, 1.82) is 0 Å². The van der Waals surface area contributed by atoms with Gasteiger partial charge in [0.15, 0.2) is 0 Å². The van der Waals surface area contributed by atoms with Crippen molar-refractivity contribution in [3.63, 3.8) is 0 Å². The van der Waals surface area contributed by atoms with Crippen LogP contribution in [0.3, 0.4) is 0 Å². The number of fused-ring (bicyclic) bond motifs is 1. The maximum Gasteiger partial charge on any atom is 0.224 e. The molecule has 0 unspecified atom stereocenters. The van der Waals surface area contributed by atoms with E-state index in [0.717, 1.165) is 64.8 Å². The van der Waals surface area contributed by atoms with Crippen molar-refractivity contribution >= 4 is 16.8 Å². The van der Waals surface area contributed by atoms with E-state index in [9.17, 15) is 4.79 Å². The maximum absolute atomic E-state index is 13.5. The lowest BCUT2D eigenvalue weighted by Gasteiger charge is -2.21. The second-order valence-electron chi connectivity index (χ2n) is 9.34. The molecule has 2 N–H and O–H groups in total. The lowest BCUT2D eigenvalue weighted by molar-refractivity contribution is -0.121. The Bertz CT molecular complexity index is 1300. The first-order chi connectivity index (χ1) is 17.7. The predicted molar refractivity (Wildman–Crippen MR) is 145 cm³/mol. The van der Waals surface area contributed by atoms with Crippen LogP contribution in [-0.2, 0) is 22.6 Å². The number of benzene rings is 3. The van der Waals surface area contributed by atoms with E-state index in [-0.39, 0.29) is 24.5 Å². The van der Waals surface area contributed by atoms with Crippen molar-refractivity contribution in [2.24, 2.45) is 0 Å². The van der Waals surface area contributed by atoms with E-state index in [1.54, 1.807) is 0 Å². The van der Waals surface area contributed by atoms with E-state index in [2.05, 4.69) is 47.9 Å². The first kappa shape index (κ1) is 24.2. The molecule has 0 aliphatic carbocycles. The molecule has 1 aliphatic heterocycles. The summed E-state index contributed by atoms with van der Waals surface area (Å²) in [6, 6.07) is 28.4. The van der Waals surface area contributed by atoms with Gasteiger partial charge in [0.25, 0.3) is 0 Å². The number of pyridine rings is 1. The smallest absolute Gasteiger partial charge is 0.224 e. The SMILES string of the molecule is CC[C@H](NC(=O)Cc1c(CO[C@@H]2CCNC2)c(-c2ccccc2)nc2ccccc12)c1ccccc1. The van der Waals surface area contributed by atoms with Gasteiger partial charge in [0.2, 0.25) is 5.91 Å². The number of ether oxygens (including phenoxy) is 1. The van der Waals surface area contributed by atoms with Crippen LogP contribution in [0.5, 0.6) is 0 Å². The molecule has 0 bridgehead atoms. The highest BCUT2D eigenvalue weighted by Crippen LogP contribution is 2.32. The van der Waals surface area contributed by atoms with Gasteiger partial charge in [-0.1, -0.05) is 85.8 Å². The molecular formula is C31H33N3O2. The zero-order chi connectivity index (χ0) is 24.7. The number of rotatable bonds is 9. The Morgan fingerprint density at radius 1 is 1.00 bits per heavy atom. The van der Waals surface area contributed by atoms with E-state index in [1.165, 1.54) is 0 Å². The van der Waals surface area contributed by atoms with Crippen molar-refractivity contribution in [2.75, 3.05) is 13.1 Å². The van der Waals surface area contributed by atoms with Gasteiger partial charge in [-0.3, -0.25) is 4.79 Å². The van der Waals surface area contributed by atoms with Crippen LogP contribution in [0, 0.1) is 0 Å². The van der Waals surface area contributed by atoms with E-state index >= 15 is 0 Å². The molecule has 5 rings (SSSR count). The van der Waals surface area contributed by atoms with Crippen molar-refractivity contribution in [2.45, 2.75) is 44.9 Å². The molecule has 36 heavy (non-hydrogen) atoms. The number of carbonyl (C=O) groups is 1. The summed E-state index contributed by atoms with van der Waals surface area (Å²) >= 11 is 0. The standard InChI is InChI=1S/C31H33N3O2/c1-2-28(22-11-5-3-6-12-22)33-30(35)19-26-25-15-9-10-16-29(25)34-31(23-13-7-4-8-14-23)27(26)21-36-24-17-18-32-20-24/h3-16,24,28,32H,2,17-21H2,1H3,(H,33,35)/t24-,28+/m1/s1. The number of amides is 1. The molecule has 4 aromatic rings. The Labute approximate surface area is 212 Å².